The van der Waals surface area contributed by atoms with E-state index in [0.29, 0.717) is 17.5 Å². The Balaban J connectivity index is 2.73. The summed E-state index contributed by atoms with van der Waals surface area (Å²) in [4.78, 5) is 34.1. The third kappa shape index (κ3) is 4.50. The van der Waals surface area contributed by atoms with Crippen LogP contribution >= 0.6 is 0 Å². The van der Waals surface area contributed by atoms with Crippen molar-refractivity contribution in [1.29, 1.82) is 0 Å². The molecule has 0 fully saturated rings. The SMILES string of the molecule is CCCC[C@H](NC(=O)c1ccc(C(C)=O)cc1)C(=O)O. The van der Waals surface area contributed by atoms with Gasteiger partial charge in [-0.3, -0.25) is 9.59 Å². The molecule has 1 aromatic carbocycles. The van der Waals surface area contributed by atoms with Crippen LogP contribution in [0.5, 0.6) is 0 Å². The second kappa shape index (κ2) is 7.43. The molecule has 0 unspecified atom stereocenters. The molecule has 1 atom stereocenters. The fraction of sp³-hybridized carbons (Fsp3) is 0.400. The normalized spacial score (nSPS) is 11.7. The van der Waals surface area contributed by atoms with Gasteiger partial charge >= 0.3 is 5.97 Å². The molecular formula is C15H19NO4. The highest BCUT2D eigenvalue weighted by Crippen LogP contribution is 2.07. The zero-order chi connectivity index (χ0) is 15.1. The van der Waals surface area contributed by atoms with Crippen molar-refractivity contribution < 1.29 is 19.5 Å². The van der Waals surface area contributed by atoms with E-state index in [9.17, 15) is 14.4 Å². The quantitative estimate of drug-likeness (QED) is 0.749. The number of carboxylic acid groups (broad SMARTS) is 1. The van der Waals surface area contributed by atoms with Crippen LogP contribution in [0.15, 0.2) is 24.3 Å². The van der Waals surface area contributed by atoms with Gasteiger partial charge < -0.3 is 10.4 Å². The van der Waals surface area contributed by atoms with Crippen molar-refractivity contribution in [3.63, 3.8) is 0 Å². The van der Waals surface area contributed by atoms with E-state index in [1.165, 1.54) is 19.1 Å². The summed E-state index contributed by atoms with van der Waals surface area (Å²) in [5.74, 6) is -1.56. The average molecular weight is 277 g/mol. The number of unbranched alkanes of at least 4 members (excludes halogenated alkanes) is 1. The standard InChI is InChI=1S/C15H19NO4/c1-3-4-5-13(15(19)20)16-14(18)12-8-6-11(7-9-12)10(2)17/h6-9,13H,3-5H2,1-2H3,(H,16,18)(H,19,20)/t13-/m0/s1. The number of carboxylic acids is 1. The van der Waals surface area contributed by atoms with E-state index in [1.807, 2.05) is 6.92 Å². The van der Waals surface area contributed by atoms with Crippen LogP contribution in [0.25, 0.3) is 0 Å². The Morgan fingerprint density at radius 1 is 1.15 bits per heavy atom. The first-order valence-corrected chi connectivity index (χ1v) is 6.60. The van der Waals surface area contributed by atoms with Gasteiger partial charge in [-0.1, -0.05) is 31.9 Å². The average Bonchev–Trinajstić information content (AvgIpc) is 2.42. The topological polar surface area (TPSA) is 83.5 Å². The number of carbonyl (C=O) groups excluding carboxylic acids is 2. The summed E-state index contributed by atoms with van der Waals surface area (Å²) in [6.45, 7) is 3.40. The first-order chi connectivity index (χ1) is 9.45. The lowest BCUT2D eigenvalue weighted by atomic mass is 10.1. The van der Waals surface area contributed by atoms with Crippen LogP contribution in [-0.2, 0) is 4.79 Å². The van der Waals surface area contributed by atoms with E-state index in [-0.39, 0.29) is 5.78 Å². The molecule has 1 rings (SSSR count). The second-order valence-electron chi connectivity index (χ2n) is 4.64. The molecule has 0 aliphatic carbocycles. The molecule has 0 aliphatic rings. The Kier molecular flexibility index (Phi) is 5.90. The van der Waals surface area contributed by atoms with Crippen molar-refractivity contribution in [1.82, 2.24) is 5.32 Å². The monoisotopic (exact) mass is 277 g/mol. The van der Waals surface area contributed by atoms with Gasteiger partial charge in [0.1, 0.15) is 6.04 Å². The number of hydrogen-bond acceptors (Lipinski definition) is 3. The lowest BCUT2D eigenvalue weighted by molar-refractivity contribution is -0.139. The fourth-order valence-corrected chi connectivity index (χ4v) is 1.76. The lowest BCUT2D eigenvalue weighted by Crippen LogP contribution is -2.40. The minimum Gasteiger partial charge on any atom is -0.480 e. The lowest BCUT2D eigenvalue weighted by Gasteiger charge is -2.14. The molecular weight excluding hydrogens is 258 g/mol. The number of Topliss-reactive ketones (excluding diaryl/α,β-unsaturated/α-hetero) is 1. The van der Waals surface area contributed by atoms with E-state index < -0.39 is 17.9 Å². The Hall–Kier alpha value is -2.17. The molecule has 0 bridgehead atoms. The highest BCUT2D eigenvalue weighted by Gasteiger charge is 2.19. The number of ketones is 1. The van der Waals surface area contributed by atoms with Gasteiger partial charge in [0.05, 0.1) is 0 Å². The maximum Gasteiger partial charge on any atom is 0.326 e. The van der Waals surface area contributed by atoms with Crippen LogP contribution in [0.1, 0.15) is 53.8 Å². The van der Waals surface area contributed by atoms with Crippen LogP contribution in [0.4, 0.5) is 0 Å². The summed E-state index contributed by atoms with van der Waals surface area (Å²) in [6, 6.07) is 5.27. The number of benzene rings is 1. The number of nitrogens with one attached hydrogen (secondary N) is 1. The first-order valence-electron chi connectivity index (χ1n) is 6.60. The van der Waals surface area contributed by atoms with Gasteiger partial charge in [0, 0.05) is 11.1 Å². The first kappa shape index (κ1) is 15.9. The minimum absolute atomic E-state index is 0.0803. The van der Waals surface area contributed by atoms with Crippen LogP contribution in [-0.4, -0.2) is 28.8 Å². The van der Waals surface area contributed by atoms with Gasteiger partial charge in [0.25, 0.3) is 5.91 Å². The van der Waals surface area contributed by atoms with Gasteiger partial charge in [-0.25, -0.2) is 4.79 Å². The molecule has 0 spiro atoms. The van der Waals surface area contributed by atoms with Crippen molar-refractivity contribution in [2.45, 2.75) is 39.2 Å². The zero-order valence-electron chi connectivity index (χ0n) is 11.7. The molecule has 20 heavy (non-hydrogen) atoms. The van der Waals surface area contributed by atoms with Crippen molar-refractivity contribution in [3.05, 3.63) is 35.4 Å². The summed E-state index contributed by atoms with van der Waals surface area (Å²) in [6.07, 6.45) is 2.01. The van der Waals surface area contributed by atoms with Gasteiger partial charge in [-0.05, 0) is 25.5 Å². The smallest absolute Gasteiger partial charge is 0.326 e. The molecule has 108 valence electrons. The second-order valence-corrected chi connectivity index (χ2v) is 4.64. The van der Waals surface area contributed by atoms with Crippen LogP contribution < -0.4 is 5.32 Å². The largest absolute Gasteiger partial charge is 0.480 e. The Morgan fingerprint density at radius 3 is 2.15 bits per heavy atom. The van der Waals surface area contributed by atoms with Crippen molar-refractivity contribution in [2.75, 3.05) is 0 Å². The summed E-state index contributed by atoms with van der Waals surface area (Å²) < 4.78 is 0. The molecule has 2 N–H and O–H groups in total. The van der Waals surface area contributed by atoms with Crippen molar-refractivity contribution in [2.24, 2.45) is 0 Å². The van der Waals surface area contributed by atoms with E-state index >= 15 is 0 Å². The van der Waals surface area contributed by atoms with E-state index in [1.54, 1.807) is 12.1 Å². The van der Waals surface area contributed by atoms with Crippen LogP contribution in [0.3, 0.4) is 0 Å². The van der Waals surface area contributed by atoms with Gasteiger partial charge in [-0.2, -0.15) is 0 Å². The summed E-state index contributed by atoms with van der Waals surface area (Å²) in [5.41, 5.74) is 0.861. The molecule has 0 aromatic heterocycles. The van der Waals surface area contributed by atoms with E-state index in [0.717, 1.165) is 12.8 Å². The van der Waals surface area contributed by atoms with E-state index in [2.05, 4.69) is 5.32 Å². The van der Waals surface area contributed by atoms with Gasteiger partial charge in [0.2, 0.25) is 0 Å². The third-order valence-corrected chi connectivity index (χ3v) is 3.00. The molecule has 5 nitrogen and oxygen atoms in total. The molecule has 0 saturated carbocycles. The molecule has 1 amide bonds. The Labute approximate surface area is 118 Å². The molecule has 0 radical (unpaired) electrons. The maximum absolute atomic E-state index is 11.9. The maximum atomic E-state index is 11.9. The third-order valence-electron chi connectivity index (χ3n) is 3.00. The van der Waals surface area contributed by atoms with E-state index in [4.69, 9.17) is 5.11 Å². The summed E-state index contributed by atoms with van der Waals surface area (Å²) >= 11 is 0. The molecule has 0 saturated heterocycles. The van der Waals surface area contributed by atoms with Crippen molar-refractivity contribution in [3.8, 4) is 0 Å². The minimum atomic E-state index is -1.04. The molecule has 1 aromatic rings. The predicted molar refractivity (Wildman–Crippen MR) is 74.9 cm³/mol. The number of rotatable bonds is 7. The fourth-order valence-electron chi connectivity index (χ4n) is 1.76. The van der Waals surface area contributed by atoms with Gasteiger partial charge in [0.15, 0.2) is 5.78 Å². The summed E-state index contributed by atoms with van der Waals surface area (Å²) in [5, 5.41) is 11.5. The molecule has 0 aliphatic heterocycles. The highest BCUT2D eigenvalue weighted by atomic mass is 16.4. The molecule has 5 heteroatoms. The number of aliphatic carboxylic acids is 1. The van der Waals surface area contributed by atoms with Crippen LogP contribution in [0, 0.1) is 0 Å². The summed E-state index contributed by atoms with van der Waals surface area (Å²) in [7, 11) is 0. The number of hydrogen-bond donors (Lipinski definition) is 2. The zero-order valence-corrected chi connectivity index (χ0v) is 11.7. The number of carbonyl (C=O) groups is 3. The Morgan fingerprint density at radius 2 is 1.70 bits per heavy atom. The van der Waals surface area contributed by atoms with Crippen molar-refractivity contribution >= 4 is 17.7 Å². The Bertz CT molecular complexity index is 493. The predicted octanol–water partition coefficient (Wildman–Crippen LogP) is 2.26. The van der Waals surface area contributed by atoms with Gasteiger partial charge in [-0.15, -0.1) is 0 Å². The molecule has 0 heterocycles. The number of amides is 1. The highest BCUT2D eigenvalue weighted by molar-refractivity contribution is 5.98. The van der Waals surface area contributed by atoms with Crippen LogP contribution in [0.2, 0.25) is 0 Å².